The summed E-state index contributed by atoms with van der Waals surface area (Å²) in [6.45, 7) is 2.03. The minimum atomic E-state index is 1.19. The van der Waals surface area contributed by atoms with Gasteiger partial charge in [-0.3, -0.25) is 0 Å². The molecule has 0 bridgehead atoms. The van der Waals surface area contributed by atoms with Gasteiger partial charge in [0.1, 0.15) is 0 Å². The zero-order valence-corrected chi connectivity index (χ0v) is 9.78. The van der Waals surface area contributed by atoms with Crippen molar-refractivity contribution in [1.29, 1.82) is 0 Å². The first-order valence-corrected chi connectivity index (χ1v) is 6.06. The van der Waals surface area contributed by atoms with E-state index in [1.54, 1.807) is 5.57 Å². The molecular formula is C15H22. The number of allylic oxidation sites excluding steroid dienone is 8. The predicted octanol–water partition coefficient (Wildman–Crippen LogP) is 4.96. The maximum absolute atomic E-state index is 2.44. The molecule has 0 radical (unpaired) electrons. The van der Waals surface area contributed by atoms with Gasteiger partial charge < -0.3 is 0 Å². The average molecular weight is 202 g/mol. The standard InChI is InChI=1S/C15H22/c1-2-3-4-5-6-7-9-12-15-13-10-8-11-14-15/h2-7,13H,8-12,14H2,1H3/b3-2+,5-4+,7-6+. The molecular weight excluding hydrogens is 180 g/mol. The molecule has 0 unspecified atom stereocenters. The second-order valence-corrected chi connectivity index (χ2v) is 3.99. The van der Waals surface area contributed by atoms with Crippen molar-refractivity contribution in [2.75, 3.05) is 0 Å². The van der Waals surface area contributed by atoms with E-state index in [1.807, 2.05) is 19.1 Å². The Morgan fingerprint density at radius 3 is 2.73 bits per heavy atom. The molecule has 0 aromatic heterocycles. The number of hydrogen-bond donors (Lipinski definition) is 0. The molecule has 1 aliphatic rings. The molecule has 15 heavy (non-hydrogen) atoms. The molecule has 0 spiro atoms. The average Bonchev–Trinajstić information content (AvgIpc) is 2.29. The minimum absolute atomic E-state index is 1.19. The van der Waals surface area contributed by atoms with Gasteiger partial charge in [-0.15, -0.1) is 0 Å². The first-order valence-electron chi connectivity index (χ1n) is 6.06. The van der Waals surface area contributed by atoms with E-state index in [0.29, 0.717) is 0 Å². The summed E-state index contributed by atoms with van der Waals surface area (Å²) in [5.41, 5.74) is 1.67. The van der Waals surface area contributed by atoms with E-state index in [4.69, 9.17) is 0 Å². The normalized spacial score (nSPS) is 18.1. The number of hydrogen-bond acceptors (Lipinski definition) is 0. The van der Waals surface area contributed by atoms with Gasteiger partial charge in [-0.05, 0) is 45.4 Å². The van der Waals surface area contributed by atoms with Gasteiger partial charge in [-0.2, -0.15) is 0 Å². The first-order chi connectivity index (χ1) is 7.43. The van der Waals surface area contributed by atoms with E-state index >= 15 is 0 Å². The summed E-state index contributed by atoms with van der Waals surface area (Å²) < 4.78 is 0. The summed E-state index contributed by atoms with van der Waals surface area (Å²) in [6.07, 6.45) is 23.0. The molecule has 0 aliphatic heterocycles. The lowest BCUT2D eigenvalue weighted by molar-refractivity contribution is 0.676. The predicted molar refractivity (Wildman–Crippen MR) is 68.9 cm³/mol. The highest BCUT2D eigenvalue weighted by atomic mass is 14.1. The molecule has 0 saturated heterocycles. The third-order valence-corrected chi connectivity index (χ3v) is 2.68. The van der Waals surface area contributed by atoms with Crippen LogP contribution in [0.2, 0.25) is 0 Å². The molecule has 0 nitrogen and oxygen atoms in total. The Bertz CT molecular complexity index is 264. The summed E-state index contributed by atoms with van der Waals surface area (Å²) in [5, 5.41) is 0. The molecule has 0 heterocycles. The maximum Gasteiger partial charge on any atom is -0.0285 e. The Kier molecular flexibility index (Phi) is 6.64. The van der Waals surface area contributed by atoms with Crippen molar-refractivity contribution in [3.63, 3.8) is 0 Å². The smallest absolute Gasteiger partial charge is 0.0285 e. The topological polar surface area (TPSA) is 0 Å². The van der Waals surface area contributed by atoms with Crippen LogP contribution in [0.15, 0.2) is 48.1 Å². The Morgan fingerprint density at radius 2 is 2.00 bits per heavy atom. The van der Waals surface area contributed by atoms with Crippen LogP contribution in [0.1, 0.15) is 45.4 Å². The van der Waals surface area contributed by atoms with E-state index in [0.717, 1.165) is 0 Å². The highest BCUT2D eigenvalue weighted by Gasteiger charge is 2.01. The molecule has 0 aromatic carbocycles. The van der Waals surface area contributed by atoms with Crippen LogP contribution in [0.5, 0.6) is 0 Å². The van der Waals surface area contributed by atoms with Crippen LogP contribution < -0.4 is 0 Å². The third-order valence-electron chi connectivity index (χ3n) is 2.68. The molecule has 82 valence electrons. The molecule has 0 atom stereocenters. The van der Waals surface area contributed by atoms with E-state index in [1.165, 1.54) is 38.5 Å². The minimum Gasteiger partial charge on any atom is -0.0877 e. The summed E-state index contributed by atoms with van der Waals surface area (Å²) >= 11 is 0. The summed E-state index contributed by atoms with van der Waals surface area (Å²) in [5.74, 6) is 0. The van der Waals surface area contributed by atoms with Crippen LogP contribution in [-0.4, -0.2) is 0 Å². The fourth-order valence-electron chi connectivity index (χ4n) is 1.81. The molecule has 0 heteroatoms. The second-order valence-electron chi connectivity index (χ2n) is 3.99. The van der Waals surface area contributed by atoms with Gasteiger partial charge in [0.05, 0.1) is 0 Å². The second kappa shape index (κ2) is 8.28. The Morgan fingerprint density at radius 1 is 1.13 bits per heavy atom. The fourth-order valence-corrected chi connectivity index (χ4v) is 1.81. The fraction of sp³-hybridized carbons (Fsp3) is 0.467. The molecule has 0 fully saturated rings. The van der Waals surface area contributed by atoms with E-state index in [9.17, 15) is 0 Å². The SMILES string of the molecule is C/C=C/C=C/C=C/CCC1=CCCCC1. The van der Waals surface area contributed by atoms with Gasteiger partial charge in [0.25, 0.3) is 0 Å². The summed E-state index contributed by atoms with van der Waals surface area (Å²) in [6, 6.07) is 0. The molecule has 0 N–H and O–H groups in total. The first kappa shape index (κ1) is 12.0. The third kappa shape index (κ3) is 6.11. The zero-order chi connectivity index (χ0) is 10.8. The lowest BCUT2D eigenvalue weighted by atomic mass is 9.96. The van der Waals surface area contributed by atoms with Crippen LogP contribution in [0, 0.1) is 0 Å². The Hall–Kier alpha value is -1.04. The lowest BCUT2D eigenvalue weighted by Crippen LogP contribution is -1.90. The van der Waals surface area contributed by atoms with Gasteiger partial charge >= 0.3 is 0 Å². The van der Waals surface area contributed by atoms with Crippen LogP contribution in [-0.2, 0) is 0 Å². The van der Waals surface area contributed by atoms with Gasteiger partial charge in [0.15, 0.2) is 0 Å². The zero-order valence-electron chi connectivity index (χ0n) is 9.78. The number of rotatable bonds is 5. The molecule has 0 saturated carbocycles. The molecule has 0 amide bonds. The Balaban J connectivity index is 2.12. The van der Waals surface area contributed by atoms with Crippen LogP contribution in [0.25, 0.3) is 0 Å². The Labute approximate surface area is 94.1 Å². The lowest BCUT2D eigenvalue weighted by Gasteiger charge is -2.10. The molecule has 0 aromatic rings. The largest absolute Gasteiger partial charge is 0.0877 e. The van der Waals surface area contributed by atoms with Crippen molar-refractivity contribution >= 4 is 0 Å². The quantitative estimate of drug-likeness (QED) is 0.437. The van der Waals surface area contributed by atoms with Crippen molar-refractivity contribution in [1.82, 2.24) is 0 Å². The molecule has 1 rings (SSSR count). The van der Waals surface area contributed by atoms with Crippen molar-refractivity contribution < 1.29 is 0 Å². The highest BCUT2D eigenvalue weighted by molar-refractivity contribution is 5.12. The highest BCUT2D eigenvalue weighted by Crippen LogP contribution is 2.21. The summed E-state index contributed by atoms with van der Waals surface area (Å²) in [4.78, 5) is 0. The van der Waals surface area contributed by atoms with Crippen LogP contribution in [0.3, 0.4) is 0 Å². The van der Waals surface area contributed by atoms with E-state index in [2.05, 4.69) is 30.4 Å². The van der Waals surface area contributed by atoms with Crippen molar-refractivity contribution in [3.05, 3.63) is 48.1 Å². The van der Waals surface area contributed by atoms with E-state index in [-0.39, 0.29) is 0 Å². The van der Waals surface area contributed by atoms with Crippen molar-refractivity contribution in [3.8, 4) is 0 Å². The van der Waals surface area contributed by atoms with Crippen molar-refractivity contribution in [2.45, 2.75) is 45.4 Å². The molecule has 1 aliphatic carbocycles. The van der Waals surface area contributed by atoms with Crippen LogP contribution >= 0.6 is 0 Å². The summed E-state index contributed by atoms with van der Waals surface area (Å²) in [7, 11) is 0. The van der Waals surface area contributed by atoms with Crippen molar-refractivity contribution in [2.24, 2.45) is 0 Å². The van der Waals surface area contributed by atoms with Crippen LogP contribution in [0.4, 0.5) is 0 Å². The van der Waals surface area contributed by atoms with E-state index < -0.39 is 0 Å². The van der Waals surface area contributed by atoms with Gasteiger partial charge in [0.2, 0.25) is 0 Å². The monoisotopic (exact) mass is 202 g/mol. The van der Waals surface area contributed by atoms with Gasteiger partial charge in [-0.25, -0.2) is 0 Å². The van der Waals surface area contributed by atoms with Gasteiger partial charge in [-0.1, -0.05) is 48.1 Å². The maximum atomic E-state index is 2.44. The van der Waals surface area contributed by atoms with Gasteiger partial charge in [0, 0.05) is 0 Å².